The van der Waals surface area contributed by atoms with E-state index >= 15 is 0 Å². The van der Waals surface area contributed by atoms with Crippen LogP contribution in [0.15, 0.2) is 42.5 Å². The zero-order valence-electron chi connectivity index (χ0n) is 14.3. The number of amides is 1. The van der Waals surface area contributed by atoms with Crippen LogP contribution >= 0.6 is 0 Å². The topological polar surface area (TPSA) is 42.4 Å². The van der Waals surface area contributed by atoms with Crippen LogP contribution in [0.25, 0.3) is 0 Å². The Morgan fingerprint density at radius 1 is 1.27 bits per heavy atom. The molecule has 1 fully saturated rings. The summed E-state index contributed by atoms with van der Waals surface area (Å²) in [4.78, 5) is 18.3. The first-order valence-corrected chi connectivity index (χ1v) is 8.35. The van der Waals surface area contributed by atoms with Crippen molar-refractivity contribution in [3.63, 3.8) is 0 Å². The highest BCUT2D eigenvalue weighted by molar-refractivity contribution is 5.79. The van der Waals surface area contributed by atoms with E-state index in [1.165, 1.54) is 12.1 Å². The second-order valence-corrected chi connectivity index (χ2v) is 6.36. The maximum absolute atomic E-state index is 12.8. The maximum Gasteiger partial charge on any atom is 0.416 e. The maximum atomic E-state index is 12.8. The lowest BCUT2D eigenvalue weighted by atomic mass is 10.1. The number of rotatable bonds is 4. The fourth-order valence-electron chi connectivity index (χ4n) is 2.95. The molecule has 0 spiro atoms. The molecule has 0 saturated carbocycles. The first kappa shape index (κ1) is 18.2. The predicted octanol–water partition coefficient (Wildman–Crippen LogP) is 3.63. The van der Waals surface area contributed by atoms with Gasteiger partial charge < -0.3 is 9.64 Å². The van der Waals surface area contributed by atoms with Crippen molar-refractivity contribution in [2.45, 2.75) is 32.0 Å². The van der Waals surface area contributed by atoms with E-state index in [9.17, 15) is 18.0 Å². The average Bonchev–Trinajstić information content (AvgIpc) is 3.03. The zero-order chi connectivity index (χ0) is 18.7. The lowest BCUT2D eigenvalue weighted by Crippen LogP contribution is -2.32. The van der Waals surface area contributed by atoms with Gasteiger partial charge in [-0.3, -0.25) is 4.79 Å². The Balaban J connectivity index is 1.58. The Bertz CT molecular complexity index is 792. The van der Waals surface area contributed by atoms with E-state index in [1.807, 2.05) is 19.1 Å². The van der Waals surface area contributed by atoms with Gasteiger partial charge in [0.15, 0.2) is 0 Å². The van der Waals surface area contributed by atoms with Gasteiger partial charge in [-0.05, 0) is 24.6 Å². The van der Waals surface area contributed by atoms with Gasteiger partial charge >= 0.3 is 6.18 Å². The molecule has 0 bridgehead atoms. The van der Waals surface area contributed by atoms with Crippen molar-refractivity contribution in [2.24, 2.45) is 0 Å². The molecule has 1 aliphatic heterocycles. The second kappa shape index (κ2) is 7.35. The monoisotopic (exact) mass is 364 g/mol. The van der Waals surface area contributed by atoms with Crippen molar-refractivity contribution in [3.05, 3.63) is 59.3 Å². The average molecular weight is 364 g/mol. The minimum atomic E-state index is -4.41. The number of hydrogen-bond acceptors (Lipinski definition) is 3. The Hall–Kier alpha value is -2.57. The number of aromatic nitrogens is 1. The molecule has 0 radical (unpaired) electrons. The highest BCUT2D eigenvalue weighted by Gasteiger charge is 2.31. The zero-order valence-corrected chi connectivity index (χ0v) is 14.3. The molecule has 0 N–H and O–H groups in total. The van der Waals surface area contributed by atoms with Crippen LogP contribution in [-0.2, 0) is 17.4 Å². The molecule has 1 amide bonds. The van der Waals surface area contributed by atoms with Gasteiger partial charge in [0.25, 0.3) is 0 Å². The first-order chi connectivity index (χ1) is 12.3. The lowest BCUT2D eigenvalue weighted by Gasteiger charge is -2.17. The summed E-state index contributed by atoms with van der Waals surface area (Å²) >= 11 is 0. The van der Waals surface area contributed by atoms with E-state index in [4.69, 9.17) is 4.74 Å². The molecule has 0 unspecified atom stereocenters. The highest BCUT2D eigenvalue weighted by Crippen LogP contribution is 2.29. The van der Waals surface area contributed by atoms with Crippen molar-refractivity contribution in [3.8, 4) is 5.88 Å². The Morgan fingerprint density at radius 3 is 2.77 bits per heavy atom. The third-order valence-electron chi connectivity index (χ3n) is 4.26. The number of nitrogens with zero attached hydrogens (tertiary/aromatic N) is 2. The van der Waals surface area contributed by atoms with Crippen LogP contribution in [-0.4, -0.2) is 35.0 Å². The van der Waals surface area contributed by atoms with Crippen LogP contribution in [0.2, 0.25) is 0 Å². The SMILES string of the molecule is Cc1cccc(O[C@H]2CCN(C(=O)Cc3cccc(C(F)(F)F)c3)C2)n1. The summed E-state index contributed by atoms with van der Waals surface area (Å²) in [5, 5.41) is 0. The Kier molecular flexibility index (Phi) is 5.15. The van der Waals surface area contributed by atoms with Crippen LogP contribution in [0.3, 0.4) is 0 Å². The van der Waals surface area contributed by atoms with Crippen LogP contribution in [0.4, 0.5) is 13.2 Å². The molecule has 2 aromatic rings. The molecule has 7 heteroatoms. The van der Waals surface area contributed by atoms with Gasteiger partial charge in [0, 0.05) is 24.7 Å². The number of likely N-dealkylation sites (tertiary alicyclic amines) is 1. The minimum absolute atomic E-state index is 0.0562. The quantitative estimate of drug-likeness (QED) is 0.832. The predicted molar refractivity (Wildman–Crippen MR) is 89.7 cm³/mol. The Labute approximate surface area is 149 Å². The summed E-state index contributed by atoms with van der Waals surface area (Å²) in [5.74, 6) is 0.315. The number of carbonyl (C=O) groups excluding carboxylic acids is 1. The largest absolute Gasteiger partial charge is 0.472 e. The number of hydrogen-bond donors (Lipinski definition) is 0. The van der Waals surface area contributed by atoms with Crippen molar-refractivity contribution >= 4 is 5.91 Å². The molecular weight excluding hydrogens is 345 g/mol. The molecule has 1 atom stereocenters. The van der Waals surface area contributed by atoms with Gasteiger partial charge in [-0.1, -0.05) is 24.3 Å². The van der Waals surface area contributed by atoms with Crippen LogP contribution in [0, 0.1) is 6.92 Å². The van der Waals surface area contributed by atoms with E-state index in [-0.39, 0.29) is 18.4 Å². The summed E-state index contributed by atoms with van der Waals surface area (Å²) in [7, 11) is 0. The fraction of sp³-hybridized carbons (Fsp3) is 0.368. The van der Waals surface area contributed by atoms with Crippen molar-refractivity contribution < 1.29 is 22.7 Å². The van der Waals surface area contributed by atoms with Crippen LogP contribution in [0.5, 0.6) is 5.88 Å². The van der Waals surface area contributed by atoms with E-state index < -0.39 is 11.7 Å². The molecule has 1 aliphatic rings. The summed E-state index contributed by atoms with van der Waals surface area (Å²) in [6.45, 7) is 2.80. The Morgan fingerprint density at radius 2 is 2.04 bits per heavy atom. The number of alkyl halides is 3. The fourth-order valence-corrected chi connectivity index (χ4v) is 2.95. The van der Waals surface area contributed by atoms with E-state index in [0.29, 0.717) is 31.0 Å². The normalized spacial score (nSPS) is 17.4. The first-order valence-electron chi connectivity index (χ1n) is 8.35. The van der Waals surface area contributed by atoms with E-state index in [1.54, 1.807) is 11.0 Å². The molecule has 1 saturated heterocycles. The summed E-state index contributed by atoms with van der Waals surface area (Å²) in [6.07, 6.45) is -3.95. The molecule has 138 valence electrons. The highest BCUT2D eigenvalue weighted by atomic mass is 19.4. The van der Waals surface area contributed by atoms with E-state index in [0.717, 1.165) is 17.8 Å². The molecule has 3 rings (SSSR count). The molecular formula is C19H19F3N2O2. The third kappa shape index (κ3) is 4.53. The van der Waals surface area contributed by atoms with Gasteiger partial charge in [0.05, 0.1) is 18.5 Å². The number of carbonyl (C=O) groups is 1. The number of ether oxygens (including phenoxy) is 1. The van der Waals surface area contributed by atoms with Gasteiger partial charge in [-0.2, -0.15) is 13.2 Å². The number of pyridine rings is 1. The van der Waals surface area contributed by atoms with Gasteiger partial charge in [-0.15, -0.1) is 0 Å². The third-order valence-corrected chi connectivity index (χ3v) is 4.26. The van der Waals surface area contributed by atoms with Gasteiger partial charge in [0.2, 0.25) is 11.8 Å². The summed E-state index contributed by atoms with van der Waals surface area (Å²) < 4.78 is 44.1. The number of benzene rings is 1. The summed E-state index contributed by atoms with van der Waals surface area (Å²) in [6, 6.07) is 10.4. The number of aryl methyl sites for hydroxylation is 1. The number of halogens is 3. The minimum Gasteiger partial charge on any atom is -0.472 e. The van der Waals surface area contributed by atoms with Gasteiger partial charge in [0.1, 0.15) is 6.10 Å². The van der Waals surface area contributed by atoms with E-state index in [2.05, 4.69) is 4.98 Å². The van der Waals surface area contributed by atoms with Gasteiger partial charge in [-0.25, -0.2) is 4.98 Å². The summed E-state index contributed by atoms with van der Waals surface area (Å²) in [5.41, 5.74) is 0.462. The second-order valence-electron chi connectivity index (χ2n) is 6.36. The molecule has 1 aromatic heterocycles. The standard InChI is InChI=1S/C19H19F3N2O2/c1-13-4-2-7-17(23-13)26-16-8-9-24(12-16)18(25)11-14-5-3-6-15(10-14)19(20,21)22/h2-7,10,16H,8-9,11-12H2,1H3/t16-/m0/s1. The van der Waals surface area contributed by atoms with Crippen molar-refractivity contribution in [1.29, 1.82) is 0 Å². The van der Waals surface area contributed by atoms with Crippen molar-refractivity contribution in [2.75, 3.05) is 13.1 Å². The molecule has 2 heterocycles. The smallest absolute Gasteiger partial charge is 0.416 e. The van der Waals surface area contributed by atoms with Crippen molar-refractivity contribution in [1.82, 2.24) is 9.88 Å². The molecule has 4 nitrogen and oxygen atoms in total. The lowest BCUT2D eigenvalue weighted by molar-refractivity contribution is -0.138. The molecule has 0 aliphatic carbocycles. The molecule has 1 aromatic carbocycles. The molecule has 26 heavy (non-hydrogen) atoms. The van der Waals surface area contributed by atoms with Crippen LogP contribution < -0.4 is 4.74 Å². The van der Waals surface area contributed by atoms with Crippen LogP contribution in [0.1, 0.15) is 23.2 Å².